The number of anilines is 2. The average Bonchev–Trinajstić information content (AvgIpc) is 3.50. The van der Waals surface area contributed by atoms with Gasteiger partial charge in [0.05, 0.1) is 25.6 Å². The summed E-state index contributed by atoms with van der Waals surface area (Å²) in [5, 5.41) is 46.9. The van der Waals surface area contributed by atoms with Crippen molar-refractivity contribution in [3.05, 3.63) is 28.4 Å². The number of aromatic nitrogens is 7. The highest BCUT2D eigenvalue weighted by molar-refractivity contribution is 6.28. The summed E-state index contributed by atoms with van der Waals surface area (Å²) < 4.78 is 13.2. The standard InChI is InChI=1S/C10H12ClN5O3.C8H12N4O5/c11-10-14-8(12)7-9(15-10)16(3-13-7)6-1-4(18)5(2-17)19-6;9-7-10-2-12(8(16)11-7)6-5(15)4(14)3(1-13)17-6/h3-6,17-18H,1-2H2,(H2,12,14,15);2-6,13-15H,1H2,(H2,9,11,16)/t4-,5+,6+;3-,4-,5-,6-/m01/s1. The maximum Gasteiger partial charge on any atom is 0.354 e. The third-order valence-electron chi connectivity index (χ3n) is 5.65. The van der Waals surface area contributed by atoms with E-state index in [0.29, 0.717) is 17.6 Å². The predicted molar refractivity (Wildman–Crippen MR) is 120 cm³/mol. The van der Waals surface area contributed by atoms with E-state index in [0.717, 1.165) is 10.9 Å². The SMILES string of the molecule is Nc1nc(Cl)nc2c1ncn2[C@H]1C[C@H](O)[C@@H](CO)O1.Nc1ncn([C@@H]2O[C@H](CO)[C@@H](O)[C@H]2O)c(=O)n1. The molecular formula is C18H24ClN9O8. The van der Waals surface area contributed by atoms with Gasteiger partial charge < -0.3 is 46.5 Å². The molecule has 3 aromatic rings. The van der Waals surface area contributed by atoms with Crippen molar-refractivity contribution in [3.63, 3.8) is 0 Å². The van der Waals surface area contributed by atoms with E-state index >= 15 is 0 Å². The van der Waals surface area contributed by atoms with Gasteiger partial charge in [-0.3, -0.25) is 9.13 Å². The zero-order valence-corrected chi connectivity index (χ0v) is 19.2. The Hall–Kier alpha value is -3.03. The van der Waals surface area contributed by atoms with Crippen molar-refractivity contribution in [2.45, 2.75) is 49.4 Å². The van der Waals surface area contributed by atoms with Crippen LogP contribution in [-0.2, 0) is 9.47 Å². The van der Waals surface area contributed by atoms with Crippen molar-refractivity contribution < 1.29 is 35.0 Å². The minimum Gasteiger partial charge on any atom is -0.394 e. The molecule has 0 radical (unpaired) electrons. The molecule has 0 amide bonds. The molecular weight excluding hydrogens is 506 g/mol. The highest BCUT2D eigenvalue weighted by atomic mass is 35.5. The third-order valence-corrected chi connectivity index (χ3v) is 5.82. The molecule has 36 heavy (non-hydrogen) atoms. The summed E-state index contributed by atoms with van der Waals surface area (Å²) in [7, 11) is 0. The smallest absolute Gasteiger partial charge is 0.354 e. The van der Waals surface area contributed by atoms with Crippen LogP contribution in [0.1, 0.15) is 18.9 Å². The highest BCUT2D eigenvalue weighted by Crippen LogP contribution is 2.31. The predicted octanol–water partition coefficient (Wildman–Crippen LogP) is -3.47. The van der Waals surface area contributed by atoms with Gasteiger partial charge in [0.25, 0.3) is 0 Å². The fourth-order valence-corrected chi connectivity index (χ4v) is 3.98. The van der Waals surface area contributed by atoms with Crippen molar-refractivity contribution in [1.82, 2.24) is 34.1 Å². The van der Waals surface area contributed by atoms with Crippen molar-refractivity contribution in [2.24, 2.45) is 0 Å². The van der Waals surface area contributed by atoms with Gasteiger partial charge in [0.1, 0.15) is 42.5 Å². The highest BCUT2D eigenvalue weighted by Gasteiger charge is 2.44. The van der Waals surface area contributed by atoms with Crippen LogP contribution in [0.25, 0.3) is 11.2 Å². The van der Waals surface area contributed by atoms with E-state index in [1.807, 2.05) is 0 Å². The second-order valence-corrected chi connectivity index (χ2v) is 8.29. The van der Waals surface area contributed by atoms with E-state index < -0.39 is 55.3 Å². The van der Waals surface area contributed by atoms with E-state index in [1.165, 1.54) is 6.33 Å². The minimum absolute atomic E-state index is 0.0176. The van der Waals surface area contributed by atoms with Crippen LogP contribution in [0, 0.1) is 0 Å². The van der Waals surface area contributed by atoms with Crippen LogP contribution in [-0.4, -0.2) is 103 Å². The van der Waals surface area contributed by atoms with E-state index in [2.05, 4.69) is 24.9 Å². The van der Waals surface area contributed by atoms with Crippen molar-refractivity contribution in [3.8, 4) is 0 Å². The number of ether oxygens (including phenoxy) is 2. The maximum absolute atomic E-state index is 11.5. The van der Waals surface area contributed by atoms with Crippen LogP contribution >= 0.6 is 11.6 Å². The van der Waals surface area contributed by atoms with Gasteiger partial charge in [-0.2, -0.15) is 15.0 Å². The molecule has 0 aliphatic carbocycles. The number of hydrogen-bond acceptors (Lipinski definition) is 15. The Labute approximate surface area is 206 Å². The Morgan fingerprint density at radius 3 is 2.28 bits per heavy atom. The van der Waals surface area contributed by atoms with E-state index in [9.17, 15) is 20.1 Å². The largest absolute Gasteiger partial charge is 0.394 e. The van der Waals surface area contributed by atoms with Crippen LogP contribution in [0.4, 0.5) is 11.8 Å². The van der Waals surface area contributed by atoms with Gasteiger partial charge in [0, 0.05) is 6.42 Å². The number of rotatable bonds is 4. The number of fused-ring (bicyclic) bond motifs is 1. The number of nitrogens with two attached hydrogens (primary N) is 2. The Morgan fingerprint density at radius 2 is 1.67 bits per heavy atom. The molecule has 0 bridgehead atoms. The minimum atomic E-state index is -1.35. The fraction of sp³-hybridized carbons (Fsp3) is 0.556. The molecule has 3 aromatic heterocycles. The Morgan fingerprint density at radius 1 is 0.972 bits per heavy atom. The summed E-state index contributed by atoms with van der Waals surface area (Å²) in [6, 6.07) is 0. The van der Waals surface area contributed by atoms with Crippen molar-refractivity contribution >= 4 is 34.5 Å². The molecule has 17 nitrogen and oxygen atoms in total. The lowest BCUT2D eigenvalue weighted by Gasteiger charge is -2.16. The summed E-state index contributed by atoms with van der Waals surface area (Å²) in [5.41, 5.74) is 11.0. The Bertz CT molecular complexity index is 1280. The molecule has 196 valence electrons. The zero-order chi connectivity index (χ0) is 26.1. The number of imidazole rings is 1. The average molecular weight is 530 g/mol. The number of nitrogens with zero attached hydrogens (tertiary/aromatic N) is 7. The number of halogens is 1. The summed E-state index contributed by atoms with van der Waals surface area (Å²) in [4.78, 5) is 30.4. The first kappa shape index (κ1) is 26.0. The molecule has 18 heteroatoms. The number of aliphatic hydroxyl groups is 5. The monoisotopic (exact) mass is 529 g/mol. The van der Waals surface area contributed by atoms with E-state index in [1.54, 1.807) is 4.57 Å². The quantitative estimate of drug-likeness (QED) is 0.162. The van der Waals surface area contributed by atoms with Crippen LogP contribution in [0.5, 0.6) is 0 Å². The van der Waals surface area contributed by atoms with Gasteiger partial charge in [-0.05, 0) is 11.6 Å². The molecule has 9 N–H and O–H groups in total. The van der Waals surface area contributed by atoms with E-state index in [4.69, 9.17) is 42.8 Å². The van der Waals surface area contributed by atoms with Gasteiger partial charge in [-0.25, -0.2) is 14.8 Å². The van der Waals surface area contributed by atoms with Gasteiger partial charge >= 0.3 is 5.69 Å². The Kier molecular flexibility index (Phi) is 7.62. The maximum atomic E-state index is 11.5. The van der Waals surface area contributed by atoms with E-state index in [-0.39, 0.29) is 23.7 Å². The normalized spacial score (nSPS) is 29.9. The van der Waals surface area contributed by atoms with Gasteiger partial charge in [0.2, 0.25) is 11.2 Å². The fourth-order valence-electron chi connectivity index (χ4n) is 3.81. The van der Waals surface area contributed by atoms with Crippen molar-refractivity contribution in [1.29, 1.82) is 0 Å². The molecule has 2 aliphatic heterocycles. The topological polar surface area (TPSA) is 263 Å². The second-order valence-electron chi connectivity index (χ2n) is 7.95. The lowest BCUT2D eigenvalue weighted by Crippen LogP contribution is -2.36. The van der Waals surface area contributed by atoms with Crippen molar-refractivity contribution in [2.75, 3.05) is 24.7 Å². The molecule has 7 atom stereocenters. The molecule has 2 saturated heterocycles. The van der Waals surface area contributed by atoms with Crippen LogP contribution < -0.4 is 17.2 Å². The molecule has 0 saturated carbocycles. The number of aliphatic hydroxyl groups excluding tert-OH is 5. The molecule has 0 aromatic carbocycles. The Balaban J connectivity index is 0.000000170. The summed E-state index contributed by atoms with van der Waals surface area (Å²) in [6.07, 6.45) is -3.66. The third kappa shape index (κ3) is 4.95. The number of hydrogen-bond donors (Lipinski definition) is 7. The van der Waals surface area contributed by atoms with Crippen LogP contribution in [0.15, 0.2) is 17.4 Å². The lowest BCUT2D eigenvalue weighted by atomic mass is 10.1. The molecule has 2 fully saturated rings. The molecule has 2 aliphatic rings. The van der Waals surface area contributed by atoms with Crippen LogP contribution in [0.2, 0.25) is 5.28 Å². The van der Waals surface area contributed by atoms with Gasteiger partial charge in [-0.1, -0.05) is 0 Å². The van der Waals surface area contributed by atoms with Crippen LogP contribution in [0.3, 0.4) is 0 Å². The van der Waals surface area contributed by atoms with Gasteiger partial charge in [-0.15, -0.1) is 0 Å². The summed E-state index contributed by atoms with van der Waals surface area (Å²) in [6.45, 7) is -0.721. The zero-order valence-electron chi connectivity index (χ0n) is 18.4. The lowest BCUT2D eigenvalue weighted by molar-refractivity contribution is -0.0554. The summed E-state index contributed by atoms with van der Waals surface area (Å²) in [5.74, 6) is -0.0102. The van der Waals surface area contributed by atoms with Gasteiger partial charge in [0.15, 0.2) is 17.7 Å². The first-order chi connectivity index (χ1) is 17.1. The number of nitrogen functional groups attached to an aromatic ring is 2. The second kappa shape index (κ2) is 10.5. The molecule has 0 unspecified atom stereocenters. The first-order valence-electron chi connectivity index (χ1n) is 10.6. The summed E-state index contributed by atoms with van der Waals surface area (Å²) >= 11 is 5.77. The molecule has 5 rings (SSSR count). The first-order valence-corrected chi connectivity index (χ1v) is 10.9. The molecule has 5 heterocycles. The molecule has 0 spiro atoms.